The summed E-state index contributed by atoms with van der Waals surface area (Å²) in [4.78, 5) is 24.8. The third kappa shape index (κ3) is 2.82. The number of halogens is 1. The van der Waals surface area contributed by atoms with Gasteiger partial charge in [0.05, 0.1) is 6.04 Å². The summed E-state index contributed by atoms with van der Waals surface area (Å²) in [6, 6.07) is 7.61. The SMILES string of the molecule is Cc1ccc(N2CC(NC(=O)CCl)CC2=O)cc1. The lowest BCUT2D eigenvalue weighted by Crippen LogP contribution is -2.37. The van der Waals surface area contributed by atoms with E-state index in [0.29, 0.717) is 13.0 Å². The van der Waals surface area contributed by atoms with Crippen LogP contribution in [0.2, 0.25) is 0 Å². The molecule has 96 valence electrons. The van der Waals surface area contributed by atoms with Crippen LogP contribution in [0.4, 0.5) is 5.69 Å². The number of benzene rings is 1. The first-order valence-electron chi connectivity index (χ1n) is 5.82. The molecule has 0 saturated carbocycles. The number of hydrogen-bond acceptors (Lipinski definition) is 2. The smallest absolute Gasteiger partial charge is 0.235 e. The maximum Gasteiger partial charge on any atom is 0.235 e. The van der Waals surface area contributed by atoms with Crippen LogP contribution in [0.15, 0.2) is 24.3 Å². The topological polar surface area (TPSA) is 49.4 Å². The Morgan fingerprint density at radius 1 is 1.44 bits per heavy atom. The van der Waals surface area contributed by atoms with E-state index < -0.39 is 0 Å². The average molecular weight is 267 g/mol. The maximum atomic E-state index is 11.9. The third-order valence-corrected chi connectivity index (χ3v) is 3.20. The van der Waals surface area contributed by atoms with Gasteiger partial charge in [0.1, 0.15) is 5.88 Å². The van der Waals surface area contributed by atoms with Gasteiger partial charge in [-0.3, -0.25) is 9.59 Å². The average Bonchev–Trinajstić information content (AvgIpc) is 2.71. The van der Waals surface area contributed by atoms with E-state index in [1.807, 2.05) is 31.2 Å². The minimum Gasteiger partial charge on any atom is -0.350 e. The highest BCUT2D eigenvalue weighted by atomic mass is 35.5. The molecule has 1 saturated heterocycles. The molecule has 2 amide bonds. The predicted molar refractivity (Wildman–Crippen MR) is 70.8 cm³/mol. The predicted octanol–water partition coefficient (Wildman–Crippen LogP) is 1.46. The van der Waals surface area contributed by atoms with E-state index in [4.69, 9.17) is 11.6 Å². The van der Waals surface area contributed by atoms with Gasteiger partial charge in [0.15, 0.2) is 0 Å². The summed E-state index contributed by atoms with van der Waals surface area (Å²) in [6.07, 6.45) is 0.330. The van der Waals surface area contributed by atoms with Crippen molar-refractivity contribution in [1.29, 1.82) is 0 Å². The molecule has 2 rings (SSSR count). The molecule has 1 heterocycles. The number of anilines is 1. The first-order valence-corrected chi connectivity index (χ1v) is 6.36. The summed E-state index contributed by atoms with van der Waals surface area (Å²) < 4.78 is 0. The number of aryl methyl sites for hydroxylation is 1. The second-order valence-electron chi connectivity index (χ2n) is 4.44. The standard InChI is InChI=1S/C13H15ClN2O2/c1-9-2-4-11(5-3-9)16-8-10(6-13(16)18)15-12(17)7-14/h2-5,10H,6-8H2,1H3,(H,15,17). The van der Waals surface area contributed by atoms with Crippen LogP contribution in [0.5, 0.6) is 0 Å². The van der Waals surface area contributed by atoms with Gasteiger partial charge in [-0.25, -0.2) is 0 Å². The Bertz CT molecular complexity index is 459. The molecule has 18 heavy (non-hydrogen) atoms. The van der Waals surface area contributed by atoms with Crippen LogP contribution in [0.25, 0.3) is 0 Å². The highest BCUT2D eigenvalue weighted by Crippen LogP contribution is 2.21. The van der Waals surface area contributed by atoms with Crippen LogP contribution in [0.1, 0.15) is 12.0 Å². The van der Waals surface area contributed by atoms with E-state index in [0.717, 1.165) is 11.3 Å². The number of alkyl halides is 1. The van der Waals surface area contributed by atoms with Crippen molar-refractivity contribution in [1.82, 2.24) is 5.32 Å². The Labute approximate surface area is 111 Å². The minimum absolute atomic E-state index is 0.0266. The van der Waals surface area contributed by atoms with Gasteiger partial charge in [0.2, 0.25) is 11.8 Å². The number of rotatable bonds is 3. The van der Waals surface area contributed by atoms with Crippen molar-refractivity contribution in [2.45, 2.75) is 19.4 Å². The number of amides is 2. The molecule has 1 N–H and O–H groups in total. The number of nitrogens with zero attached hydrogens (tertiary/aromatic N) is 1. The molecular formula is C13H15ClN2O2. The second-order valence-corrected chi connectivity index (χ2v) is 4.71. The summed E-state index contributed by atoms with van der Waals surface area (Å²) in [6.45, 7) is 2.50. The fourth-order valence-corrected chi connectivity index (χ4v) is 2.12. The van der Waals surface area contributed by atoms with Crippen LogP contribution < -0.4 is 10.2 Å². The molecule has 1 aromatic carbocycles. The summed E-state index contributed by atoms with van der Waals surface area (Å²) in [5.74, 6) is -0.283. The van der Waals surface area contributed by atoms with Crippen LogP contribution in [0, 0.1) is 6.92 Å². The lowest BCUT2D eigenvalue weighted by molar-refractivity contribution is -0.119. The van der Waals surface area contributed by atoms with E-state index in [2.05, 4.69) is 5.32 Å². The lowest BCUT2D eigenvalue weighted by atomic mass is 10.2. The molecule has 0 radical (unpaired) electrons. The summed E-state index contributed by atoms with van der Waals surface area (Å²) in [5, 5.41) is 2.74. The number of hydrogen-bond donors (Lipinski definition) is 1. The molecule has 4 nitrogen and oxygen atoms in total. The molecule has 1 aliphatic rings. The van der Waals surface area contributed by atoms with Gasteiger partial charge in [0, 0.05) is 18.7 Å². The van der Waals surface area contributed by atoms with E-state index in [-0.39, 0.29) is 23.7 Å². The Morgan fingerprint density at radius 2 is 2.11 bits per heavy atom. The van der Waals surface area contributed by atoms with Crippen molar-refractivity contribution in [3.05, 3.63) is 29.8 Å². The Balaban J connectivity index is 2.05. The van der Waals surface area contributed by atoms with Gasteiger partial charge in [-0.1, -0.05) is 17.7 Å². The van der Waals surface area contributed by atoms with E-state index in [1.54, 1.807) is 4.90 Å². The van der Waals surface area contributed by atoms with Crippen LogP contribution in [-0.2, 0) is 9.59 Å². The zero-order valence-electron chi connectivity index (χ0n) is 10.1. The third-order valence-electron chi connectivity index (χ3n) is 2.96. The van der Waals surface area contributed by atoms with Gasteiger partial charge < -0.3 is 10.2 Å². The molecule has 0 bridgehead atoms. The Morgan fingerprint density at radius 3 is 2.72 bits per heavy atom. The first kappa shape index (κ1) is 12.9. The van der Waals surface area contributed by atoms with Gasteiger partial charge in [-0.2, -0.15) is 0 Å². The molecule has 0 aliphatic carbocycles. The van der Waals surface area contributed by atoms with Crippen molar-refractivity contribution in [2.24, 2.45) is 0 Å². The van der Waals surface area contributed by atoms with Gasteiger partial charge in [-0.05, 0) is 19.1 Å². The van der Waals surface area contributed by atoms with Gasteiger partial charge in [-0.15, -0.1) is 11.6 Å². The molecule has 1 aliphatic heterocycles. The first-order chi connectivity index (χ1) is 8.60. The van der Waals surface area contributed by atoms with Crippen LogP contribution in [0.3, 0.4) is 0 Å². The van der Waals surface area contributed by atoms with E-state index in [9.17, 15) is 9.59 Å². The highest BCUT2D eigenvalue weighted by molar-refractivity contribution is 6.27. The molecule has 1 atom stereocenters. The zero-order valence-corrected chi connectivity index (χ0v) is 10.9. The number of carbonyl (C=O) groups is 2. The van der Waals surface area contributed by atoms with Gasteiger partial charge >= 0.3 is 0 Å². The van der Waals surface area contributed by atoms with Crippen molar-refractivity contribution < 1.29 is 9.59 Å². The highest BCUT2D eigenvalue weighted by Gasteiger charge is 2.31. The van der Waals surface area contributed by atoms with E-state index in [1.165, 1.54) is 0 Å². The molecule has 0 aromatic heterocycles. The molecule has 5 heteroatoms. The van der Waals surface area contributed by atoms with Crippen LogP contribution in [-0.4, -0.2) is 30.3 Å². The fraction of sp³-hybridized carbons (Fsp3) is 0.385. The molecule has 1 aromatic rings. The quantitative estimate of drug-likeness (QED) is 0.842. The molecular weight excluding hydrogens is 252 g/mol. The normalized spacial score (nSPS) is 19.1. The summed E-state index contributed by atoms with van der Waals surface area (Å²) in [5.41, 5.74) is 2.02. The summed E-state index contributed by atoms with van der Waals surface area (Å²) >= 11 is 5.43. The van der Waals surface area contributed by atoms with Crippen molar-refractivity contribution in [2.75, 3.05) is 17.3 Å². The van der Waals surface area contributed by atoms with Crippen molar-refractivity contribution in [3.8, 4) is 0 Å². The van der Waals surface area contributed by atoms with Gasteiger partial charge in [0.25, 0.3) is 0 Å². The number of nitrogens with one attached hydrogen (secondary N) is 1. The number of carbonyl (C=O) groups excluding carboxylic acids is 2. The largest absolute Gasteiger partial charge is 0.350 e. The molecule has 0 spiro atoms. The van der Waals surface area contributed by atoms with E-state index >= 15 is 0 Å². The monoisotopic (exact) mass is 266 g/mol. The zero-order chi connectivity index (χ0) is 13.1. The maximum absolute atomic E-state index is 11.9. The lowest BCUT2D eigenvalue weighted by Gasteiger charge is -2.17. The summed E-state index contributed by atoms with van der Waals surface area (Å²) in [7, 11) is 0. The van der Waals surface area contributed by atoms with Crippen molar-refractivity contribution in [3.63, 3.8) is 0 Å². The Hall–Kier alpha value is -1.55. The van der Waals surface area contributed by atoms with Crippen LogP contribution >= 0.6 is 11.6 Å². The molecule has 1 fully saturated rings. The fourth-order valence-electron chi connectivity index (χ4n) is 2.04. The minimum atomic E-state index is -0.236. The second kappa shape index (κ2) is 5.40. The molecule has 1 unspecified atom stereocenters. The Kier molecular flexibility index (Phi) is 3.87. The van der Waals surface area contributed by atoms with Crippen molar-refractivity contribution >= 4 is 29.1 Å².